The van der Waals surface area contributed by atoms with Gasteiger partial charge in [-0.25, -0.2) is 9.97 Å². The van der Waals surface area contributed by atoms with Crippen molar-refractivity contribution in [1.29, 1.82) is 0 Å². The van der Waals surface area contributed by atoms with Gasteiger partial charge in [0.2, 0.25) is 0 Å². The molecule has 2 N–H and O–H groups in total. The molecule has 0 saturated carbocycles. The smallest absolute Gasteiger partial charge is 0.132 e. The largest absolute Gasteiger partial charge is 0.326 e. The van der Waals surface area contributed by atoms with Gasteiger partial charge in [0.1, 0.15) is 5.82 Å². The zero-order chi connectivity index (χ0) is 10.5. The van der Waals surface area contributed by atoms with Crippen LogP contribution in [0.4, 0.5) is 0 Å². The maximum absolute atomic E-state index is 5.46. The minimum atomic E-state index is 0.479. The van der Waals surface area contributed by atoms with E-state index >= 15 is 0 Å². The van der Waals surface area contributed by atoms with Gasteiger partial charge in [0, 0.05) is 43.3 Å². The van der Waals surface area contributed by atoms with E-state index in [4.69, 9.17) is 5.73 Å². The van der Waals surface area contributed by atoms with Crippen molar-refractivity contribution >= 4 is 0 Å². The summed E-state index contributed by atoms with van der Waals surface area (Å²) in [5, 5.41) is 0. The number of nitrogens with zero attached hydrogens (tertiary/aromatic N) is 3. The number of nitrogens with two attached hydrogens (primary N) is 1. The summed E-state index contributed by atoms with van der Waals surface area (Å²) >= 11 is 0. The van der Waals surface area contributed by atoms with Gasteiger partial charge < -0.3 is 5.73 Å². The Labute approximate surface area is 88.2 Å². The molecule has 0 aliphatic heterocycles. The van der Waals surface area contributed by atoms with Gasteiger partial charge in [-0.05, 0) is 11.6 Å². The molecule has 0 aliphatic rings. The maximum atomic E-state index is 5.46. The van der Waals surface area contributed by atoms with Gasteiger partial charge in [-0.2, -0.15) is 0 Å². The first-order valence-corrected chi connectivity index (χ1v) is 4.77. The van der Waals surface area contributed by atoms with Crippen molar-refractivity contribution in [1.82, 2.24) is 15.0 Å². The molecular formula is C11H12N4. The molecule has 0 amide bonds. The van der Waals surface area contributed by atoms with Crippen LogP contribution in [0.15, 0.2) is 36.9 Å². The third-order valence-corrected chi connectivity index (χ3v) is 2.08. The Morgan fingerprint density at radius 3 is 2.47 bits per heavy atom. The quantitative estimate of drug-likeness (QED) is 0.800. The third-order valence-electron chi connectivity index (χ3n) is 2.08. The average Bonchev–Trinajstić information content (AvgIpc) is 2.31. The van der Waals surface area contributed by atoms with Crippen molar-refractivity contribution in [3.8, 4) is 0 Å². The third kappa shape index (κ3) is 2.57. The number of pyridine rings is 1. The topological polar surface area (TPSA) is 64.7 Å². The summed E-state index contributed by atoms with van der Waals surface area (Å²) in [5.41, 5.74) is 7.52. The van der Waals surface area contributed by atoms with Crippen LogP contribution >= 0.6 is 0 Å². The molecule has 0 fully saturated rings. The van der Waals surface area contributed by atoms with Crippen LogP contribution in [0.5, 0.6) is 0 Å². The van der Waals surface area contributed by atoms with Gasteiger partial charge in [-0.3, -0.25) is 4.98 Å². The fraction of sp³-hybridized carbons (Fsp3) is 0.182. The van der Waals surface area contributed by atoms with Crippen molar-refractivity contribution in [3.63, 3.8) is 0 Å². The molecule has 0 atom stereocenters. The lowest BCUT2D eigenvalue weighted by atomic mass is 10.2. The van der Waals surface area contributed by atoms with Crippen LogP contribution in [0.25, 0.3) is 0 Å². The van der Waals surface area contributed by atoms with Crippen LogP contribution in [0.1, 0.15) is 17.0 Å². The van der Waals surface area contributed by atoms with Gasteiger partial charge in [0.05, 0.1) is 0 Å². The van der Waals surface area contributed by atoms with E-state index in [1.807, 2.05) is 18.3 Å². The normalized spacial score (nSPS) is 10.2. The number of hydrogen-bond donors (Lipinski definition) is 1. The molecule has 2 aromatic heterocycles. The van der Waals surface area contributed by atoms with Gasteiger partial charge in [0.25, 0.3) is 0 Å². The Hall–Kier alpha value is -1.81. The van der Waals surface area contributed by atoms with Crippen molar-refractivity contribution in [3.05, 3.63) is 53.9 Å². The summed E-state index contributed by atoms with van der Waals surface area (Å²) < 4.78 is 0. The van der Waals surface area contributed by atoms with E-state index in [0.29, 0.717) is 13.0 Å². The van der Waals surface area contributed by atoms with E-state index in [0.717, 1.165) is 17.0 Å². The SMILES string of the molecule is NCc1cnc(Cc2cccnc2)nc1. The molecule has 4 heteroatoms. The summed E-state index contributed by atoms with van der Waals surface area (Å²) in [7, 11) is 0. The van der Waals surface area contributed by atoms with Crippen molar-refractivity contribution in [2.45, 2.75) is 13.0 Å². The Morgan fingerprint density at radius 2 is 1.87 bits per heavy atom. The monoisotopic (exact) mass is 200 g/mol. The second-order valence-corrected chi connectivity index (χ2v) is 3.25. The Morgan fingerprint density at radius 1 is 1.07 bits per heavy atom. The highest BCUT2D eigenvalue weighted by molar-refractivity contribution is 5.15. The molecule has 0 aliphatic carbocycles. The summed E-state index contributed by atoms with van der Waals surface area (Å²) in [4.78, 5) is 12.5. The van der Waals surface area contributed by atoms with E-state index in [9.17, 15) is 0 Å². The van der Waals surface area contributed by atoms with Crippen molar-refractivity contribution in [2.24, 2.45) is 5.73 Å². The van der Waals surface area contributed by atoms with Crippen LogP contribution < -0.4 is 5.73 Å². The number of aromatic nitrogens is 3. The van der Waals surface area contributed by atoms with Gasteiger partial charge in [0.15, 0.2) is 0 Å². The summed E-state index contributed by atoms with van der Waals surface area (Å²) in [5.74, 6) is 0.792. The molecule has 2 aromatic rings. The number of rotatable bonds is 3. The molecule has 2 heterocycles. The van der Waals surface area contributed by atoms with Gasteiger partial charge in [-0.15, -0.1) is 0 Å². The van der Waals surface area contributed by atoms with Crippen LogP contribution in [0.3, 0.4) is 0 Å². The minimum Gasteiger partial charge on any atom is -0.326 e. The molecule has 0 unspecified atom stereocenters. The van der Waals surface area contributed by atoms with E-state index < -0.39 is 0 Å². The lowest BCUT2D eigenvalue weighted by molar-refractivity contribution is 0.922. The van der Waals surface area contributed by atoms with Crippen molar-refractivity contribution < 1.29 is 0 Å². The number of hydrogen-bond acceptors (Lipinski definition) is 4. The predicted octanol–water partition coefficient (Wildman–Crippen LogP) is 0.921. The van der Waals surface area contributed by atoms with Gasteiger partial charge in [-0.1, -0.05) is 6.07 Å². The molecule has 76 valence electrons. The second kappa shape index (κ2) is 4.61. The van der Waals surface area contributed by atoms with Crippen LogP contribution in [-0.2, 0) is 13.0 Å². The van der Waals surface area contributed by atoms with Crippen LogP contribution in [-0.4, -0.2) is 15.0 Å². The molecule has 0 aromatic carbocycles. The van der Waals surface area contributed by atoms with E-state index in [1.165, 1.54) is 0 Å². The standard InChI is InChI=1S/C11H12N4/c12-5-10-7-14-11(15-8-10)4-9-2-1-3-13-6-9/h1-3,6-8H,4-5,12H2. The maximum Gasteiger partial charge on any atom is 0.132 e. The average molecular weight is 200 g/mol. The Kier molecular flexibility index (Phi) is 2.99. The van der Waals surface area contributed by atoms with Crippen LogP contribution in [0, 0.1) is 0 Å². The molecule has 0 saturated heterocycles. The molecule has 2 rings (SSSR count). The first kappa shape index (κ1) is 9.73. The Balaban J connectivity index is 2.11. The fourth-order valence-corrected chi connectivity index (χ4v) is 1.26. The summed E-state index contributed by atoms with van der Waals surface area (Å²) in [6.07, 6.45) is 7.80. The highest BCUT2D eigenvalue weighted by Gasteiger charge is 1.98. The molecule has 4 nitrogen and oxygen atoms in total. The zero-order valence-electron chi connectivity index (χ0n) is 8.30. The van der Waals surface area contributed by atoms with Crippen molar-refractivity contribution in [2.75, 3.05) is 0 Å². The van der Waals surface area contributed by atoms with E-state index in [-0.39, 0.29) is 0 Å². The molecule has 15 heavy (non-hydrogen) atoms. The molecule has 0 radical (unpaired) electrons. The first-order valence-electron chi connectivity index (χ1n) is 4.77. The lowest BCUT2D eigenvalue weighted by Gasteiger charge is -2.00. The minimum absolute atomic E-state index is 0.479. The summed E-state index contributed by atoms with van der Waals surface area (Å²) in [6.45, 7) is 0.479. The molecular weight excluding hydrogens is 188 g/mol. The first-order chi connectivity index (χ1) is 7.38. The highest BCUT2D eigenvalue weighted by atomic mass is 14.9. The molecule has 0 spiro atoms. The highest BCUT2D eigenvalue weighted by Crippen LogP contribution is 2.03. The van der Waals surface area contributed by atoms with E-state index in [2.05, 4.69) is 15.0 Å². The van der Waals surface area contributed by atoms with Gasteiger partial charge >= 0.3 is 0 Å². The predicted molar refractivity (Wildman–Crippen MR) is 57.0 cm³/mol. The zero-order valence-corrected chi connectivity index (χ0v) is 8.30. The van der Waals surface area contributed by atoms with Crippen LogP contribution in [0.2, 0.25) is 0 Å². The fourth-order valence-electron chi connectivity index (χ4n) is 1.26. The summed E-state index contributed by atoms with van der Waals surface area (Å²) in [6, 6.07) is 3.91. The molecule has 0 bridgehead atoms. The second-order valence-electron chi connectivity index (χ2n) is 3.25. The van der Waals surface area contributed by atoms with E-state index in [1.54, 1.807) is 18.6 Å². The Bertz CT molecular complexity index is 410. The lowest BCUT2D eigenvalue weighted by Crippen LogP contribution is -2.01.